The Labute approximate surface area is 224 Å². The Morgan fingerprint density at radius 3 is 1.89 bits per heavy atom. The minimum absolute atomic E-state index is 0.269. The monoisotopic (exact) mass is 512 g/mol. The zero-order valence-corrected chi connectivity index (χ0v) is 23.1. The van der Waals surface area contributed by atoms with E-state index in [9.17, 15) is 14.7 Å². The molecule has 2 fully saturated rings. The van der Waals surface area contributed by atoms with Gasteiger partial charge in [0.1, 0.15) is 11.7 Å². The van der Waals surface area contributed by atoms with Crippen LogP contribution in [0.5, 0.6) is 5.75 Å². The largest absolute Gasteiger partial charge is 0.507 e. The Bertz CT molecular complexity index is 1370. The molecule has 1 N–H and O–H groups in total. The first-order valence-electron chi connectivity index (χ1n) is 13.1. The third kappa shape index (κ3) is 4.27. The molecule has 3 aromatic carbocycles. The Morgan fingerprint density at radius 1 is 0.763 bits per heavy atom. The lowest BCUT2D eigenvalue weighted by Gasteiger charge is -2.33. The van der Waals surface area contributed by atoms with Gasteiger partial charge in [-0.3, -0.25) is 14.4 Å². The summed E-state index contributed by atoms with van der Waals surface area (Å²) in [6.07, 6.45) is -0.946. The van der Waals surface area contributed by atoms with Crippen molar-refractivity contribution < 1.29 is 19.5 Å². The van der Waals surface area contributed by atoms with Crippen LogP contribution in [0.4, 0.5) is 11.4 Å². The fourth-order valence-electron chi connectivity index (χ4n) is 5.54. The maximum Gasteiger partial charge on any atom is 0.266 e. The summed E-state index contributed by atoms with van der Waals surface area (Å²) in [4.78, 5) is 35.3. The zero-order chi connectivity index (χ0) is 27.6. The number of imide groups is 1. The lowest BCUT2D eigenvalue weighted by Crippen LogP contribution is -2.37. The van der Waals surface area contributed by atoms with E-state index in [1.807, 2.05) is 67.6 Å². The molecule has 0 aliphatic carbocycles. The van der Waals surface area contributed by atoms with E-state index < -0.39 is 18.1 Å². The number of phenolic OH excluding ortho intramolecular Hbond substituents is 1. The number of phenols is 1. The fourth-order valence-corrected chi connectivity index (χ4v) is 5.54. The molecule has 0 spiro atoms. The van der Waals surface area contributed by atoms with Gasteiger partial charge in [-0.25, -0.2) is 9.96 Å². The van der Waals surface area contributed by atoms with Gasteiger partial charge in [0, 0.05) is 0 Å². The topological polar surface area (TPSA) is 70.1 Å². The maximum atomic E-state index is 14.0. The minimum Gasteiger partial charge on any atom is -0.507 e. The summed E-state index contributed by atoms with van der Waals surface area (Å²) in [7, 11) is 0. The van der Waals surface area contributed by atoms with Crippen LogP contribution in [0, 0.1) is 12.8 Å². The molecule has 3 aromatic rings. The van der Waals surface area contributed by atoms with Crippen molar-refractivity contribution in [3.8, 4) is 5.75 Å². The average molecular weight is 513 g/mol. The van der Waals surface area contributed by atoms with Gasteiger partial charge in [0.2, 0.25) is 5.91 Å². The summed E-state index contributed by atoms with van der Waals surface area (Å²) < 4.78 is 0. The molecule has 198 valence electrons. The number of para-hydroxylation sites is 1. The van der Waals surface area contributed by atoms with Gasteiger partial charge in [-0.2, -0.15) is 0 Å². The van der Waals surface area contributed by atoms with Gasteiger partial charge >= 0.3 is 0 Å². The van der Waals surface area contributed by atoms with E-state index in [0.717, 1.165) is 27.9 Å². The molecule has 2 heterocycles. The van der Waals surface area contributed by atoms with Crippen LogP contribution in [0.1, 0.15) is 69.8 Å². The molecule has 0 saturated carbocycles. The molecule has 38 heavy (non-hydrogen) atoms. The van der Waals surface area contributed by atoms with Crippen LogP contribution in [0.2, 0.25) is 0 Å². The van der Waals surface area contributed by atoms with Crippen LogP contribution in [-0.2, 0) is 25.3 Å². The number of aromatic hydroxyl groups is 1. The Morgan fingerprint density at radius 2 is 1.34 bits per heavy atom. The summed E-state index contributed by atoms with van der Waals surface area (Å²) in [5.41, 5.74) is 4.01. The number of aryl methyl sites for hydroxylation is 1. The quantitative estimate of drug-likeness (QED) is 0.414. The molecule has 6 nitrogen and oxygen atoms in total. The number of hydroxylamine groups is 1. The number of carbonyl (C=O) groups is 2. The van der Waals surface area contributed by atoms with Crippen molar-refractivity contribution in [1.82, 2.24) is 0 Å². The normalized spacial score (nSPS) is 21.8. The molecule has 0 unspecified atom stereocenters. The molecule has 3 atom stereocenters. The van der Waals surface area contributed by atoms with E-state index in [-0.39, 0.29) is 28.4 Å². The van der Waals surface area contributed by atoms with Gasteiger partial charge in [-0.15, -0.1) is 0 Å². The van der Waals surface area contributed by atoms with Crippen LogP contribution in [-0.4, -0.2) is 23.0 Å². The van der Waals surface area contributed by atoms with Crippen LogP contribution in [0.15, 0.2) is 66.7 Å². The lowest BCUT2D eigenvalue weighted by atomic mass is 9.76. The van der Waals surface area contributed by atoms with E-state index in [1.54, 1.807) is 11.1 Å². The average Bonchev–Trinajstić information content (AvgIpc) is 3.34. The second kappa shape index (κ2) is 8.98. The predicted octanol–water partition coefficient (Wildman–Crippen LogP) is 6.35. The predicted molar refractivity (Wildman–Crippen MR) is 149 cm³/mol. The van der Waals surface area contributed by atoms with Gasteiger partial charge in [0.15, 0.2) is 6.10 Å². The highest BCUT2D eigenvalue weighted by Crippen LogP contribution is 2.50. The molecule has 2 saturated heterocycles. The number of hydrogen-bond acceptors (Lipinski definition) is 5. The van der Waals surface area contributed by atoms with Crippen LogP contribution in [0.3, 0.4) is 0 Å². The van der Waals surface area contributed by atoms with Crippen molar-refractivity contribution in [3.63, 3.8) is 0 Å². The zero-order valence-electron chi connectivity index (χ0n) is 23.1. The molecule has 2 aliphatic rings. The van der Waals surface area contributed by atoms with Gasteiger partial charge in [0.05, 0.1) is 17.4 Å². The number of rotatable bonds is 3. The number of carbonyl (C=O) groups excluding carboxylic acids is 2. The van der Waals surface area contributed by atoms with Crippen molar-refractivity contribution >= 4 is 23.2 Å². The number of nitrogens with zero attached hydrogens (tertiary/aromatic N) is 2. The number of anilines is 2. The second-order valence-electron chi connectivity index (χ2n) is 12.5. The van der Waals surface area contributed by atoms with E-state index in [1.165, 1.54) is 4.90 Å². The molecule has 0 aromatic heterocycles. The SMILES string of the molecule is Cc1cccc(N2C(=O)[C@@H]3[C@@H](ON(c4ccccc4)[C@H]3c3cc(C(C)(C)C)c(O)c(C(C)(C)C)c3)C2=O)c1. The standard InChI is InChI=1S/C32H36N2O4/c1-19-12-11-15-22(16-19)33-29(36)25-26(34(38-28(25)30(33)37)21-13-9-8-10-14-21)20-17-23(31(2,3)4)27(35)24(18-20)32(5,6)7/h8-18,25-26,28,35H,1-7H3/t25-,26-,28+/m0/s1. The molecule has 2 amide bonds. The highest BCUT2D eigenvalue weighted by molar-refractivity contribution is 6.24. The molecule has 6 heteroatoms. The first-order valence-corrected chi connectivity index (χ1v) is 13.1. The van der Waals surface area contributed by atoms with E-state index >= 15 is 0 Å². The van der Waals surface area contributed by atoms with Crippen LogP contribution in [0.25, 0.3) is 0 Å². The summed E-state index contributed by atoms with van der Waals surface area (Å²) in [6.45, 7) is 14.3. The van der Waals surface area contributed by atoms with Gasteiger partial charge in [-0.05, 0) is 76.4 Å². The second-order valence-corrected chi connectivity index (χ2v) is 12.5. The van der Waals surface area contributed by atoms with Crippen molar-refractivity contribution in [3.05, 3.63) is 89.0 Å². The first-order chi connectivity index (χ1) is 17.8. The van der Waals surface area contributed by atoms with Gasteiger partial charge in [0.25, 0.3) is 5.91 Å². The van der Waals surface area contributed by atoms with Crippen LogP contribution >= 0.6 is 0 Å². The maximum absolute atomic E-state index is 14.0. The number of hydrogen-bond donors (Lipinski definition) is 1. The van der Waals surface area contributed by atoms with Crippen molar-refractivity contribution in [2.45, 2.75) is 71.4 Å². The Hall–Kier alpha value is -3.64. The Kier molecular flexibility index (Phi) is 6.14. The molecular weight excluding hydrogens is 476 g/mol. The number of fused-ring (bicyclic) bond motifs is 1. The molecular formula is C32H36N2O4. The van der Waals surface area contributed by atoms with E-state index in [0.29, 0.717) is 5.69 Å². The lowest BCUT2D eigenvalue weighted by molar-refractivity contribution is -0.126. The molecule has 5 rings (SSSR count). The van der Waals surface area contributed by atoms with Crippen molar-refractivity contribution in [2.75, 3.05) is 9.96 Å². The smallest absolute Gasteiger partial charge is 0.266 e. The summed E-state index contributed by atoms with van der Waals surface area (Å²) in [6, 6.07) is 20.4. The minimum atomic E-state index is -0.946. The van der Waals surface area contributed by atoms with Crippen molar-refractivity contribution in [2.24, 2.45) is 5.92 Å². The highest BCUT2D eigenvalue weighted by Gasteiger charge is 2.60. The molecule has 2 aliphatic heterocycles. The Balaban J connectivity index is 1.70. The van der Waals surface area contributed by atoms with Crippen LogP contribution < -0.4 is 9.96 Å². The van der Waals surface area contributed by atoms with Crippen molar-refractivity contribution in [1.29, 1.82) is 0 Å². The third-order valence-corrected chi connectivity index (χ3v) is 7.48. The fraction of sp³-hybridized carbons (Fsp3) is 0.375. The summed E-state index contributed by atoms with van der Waals surface area (Å²) in [5.74, 6) is -1.12. The first kappa shape index (κ1) is 26.0. The van der Waals surface area contributed by atoms with Gasteiger partial charge < -0.3 is 5.11 Å². The molecule has 0 radical (unpaired) electrons. The van der Waals surface area contributed by atoms with E-state index in [4.69, 9.17) is 4.84 Å². The summed E-state index contributed by atoms with van der Waals surface area (Å²) in [5, 5.41) is 13.0. The van der Waals surface area contributed by atoms with E-state index in [2.05, 4.69) is 41.5 Å². The molecule has 0 bridgehead atoms. The highest BCUT2D eigenvalue weighted by atomic mass is 16.7. The third-order valence-electron chi connectivity index (χ3n) is 7.48. The van der Waals surface area contributed by atoms with Gasteiger partial charge in [-0.1, -0.05) is 71.9 Å². The number of amides is 2. The number of benzene rings is 3. The summed E-state index contributed by atoms with van der Waals surface area (Å²) >= 11 is 0.